The van der Waals surface area contributed by atoms with E-state index in [9.17, 15) is 19.8 Å². The molecule has 0 saturated carbocycles. The Kier molecular flexibility index (Phi) is 9.85. The summed E-state index contributed by atoms with van der Waals surface area (Å²) >= 11 is 15.4. The van der Waals surface area contributed by atoms with Crippen LogP contribution in [0.1, 0.15) is 84.6 Å². The number of aromatic nitrogens is 4. The van der Waals surface area contributed by atoms with Crippen molar-refractivity contribution in [3.8, 4) is 0 Å². The minimum Gasteiger partial charge on any atom is -0.481 e. The van der Waals surface area contributed by atoms with Gasteiger partial charge in [-0.25, -0.2) is 9.97 Å². The van der Waals surface area contributed by atoms with Crippen LogP contribution in [0.5, 0.6) is 0 Å². The summed E-state index contributed by atoms with van der Waals surface area (Å²) in [4.78, 5) is 40.8. The largest absolute Gasteiger partial charge is 0.481 e. The molecule has 4 N–H and O–H groups in total. The summed E-state index contributed by atoms with van der Waals surface area (Å²) in [6, 6.07) is 0. The van der Waals surface area contributed by atoms with Crippen molar-refractivity contribution in [2.24, 2.45) is 0 Å². The molecule has 0 atom stereocenters. The van der Waals surface area contributed by atoms with Crippen LogP contribution in [0.4, 0.5) is 0 Å². The molecule has 2 aliphatic rings. The van der Waals surface area contributed by atoms with Gasteiger partial charge in [-0.15, -0.1) is 0 Å². The molecule has 0 aliphatic carbocycles. The number of aliphatic carboxylic acids is 2. The quantitative estimate of drug-likeness (QED) is 0.178. The molecule has 0 amide bonds. The summed E-state index contributed by atoms with van der Waals surface area (Å²) < 4.78 is 2.74. The number of carboxylic acid groups (broad SMARTS) is 2. The number of hydrogen-bond donors (Lipinski definition) is 4. The number of carboxylic acids is 2. The van der Waals surface area contributed by atoms with E-state index in [0.29, 0.717) is 36.2 Å². The van der Waals surface area contributed by atoms with Gasteiger partial charge in [0.05, 0.1) is 62.7 Å². The van der Waals surface area contributed by atoms with Crippen molar-refractivity contribution in [1.82, 2.24) is 19.9 Å². The van der Waals surface area contributed by atoms with Gasteiger partial charge in [0.2, 0.25) is 0 Å². The van der Waals surface area contributed by atoms with Gasteiger partial charge in [-0.05, 0) is 138 Å². The predicted octanol–water partition coefficient (Wildman–Crippen LogP) is 10.9. The van der Waals surface area contributed by atoms with Crippen LogP contribution in [0.2, 0.25) is 0 Å². The summed E-state index contributed by atoms with van der Waals surface area (Å²) in [7, 11) is 0. The zero-order valence-corrected chi connectivity index (χ0v) is 31.9. The SMILES string of the molecule is C=Cc1c(C)c2[nH]c1c(Br)c1nc(c(Br)c3nc(c(Br)c4[nH]c(c(C=C)c4C)c2Br)C(C)=C3CCC(=O)O)C(CCC(=O)O)=C1C. The lowest BCUT2D eigenvalue weighted by Crippen LogP contribution is -1.98. The monoisotopic (exact) mass is 874 g/mol. The normalized spacial score (nSPS) is 13.0. The third-order valence-corrected chi connectivity index (χ3v) is 11.6. The second-order valence-corrected chi connectivity index (χ2v) is 14.3. The van der Waals surface area contributed by atoms with Crippen molar-refractivity contribution >= 4 is 132 Å². The summed E-state index contributed by atoms with van der Waals surface area (Å²) in [6.45, 7) is 16.1. The van der Waals surface area contributed by atoms with Gasteiger partial charge in [-0.2, -0.15) is 0 Å². The number of carbonyl (C=O) groups is 2. The zero-order valence-electron chi connectivity index (χ0n) is 25.5. The second-order valence-electron chi connectivity index (χ2n) is 11.1. The van der Waals surface area contributed by atoms with Crippen LogP contribution in [0.15, 0.2) is 31.0 Å². The van der Waals surface area contributed by atoms with Crippen molar-refractivity contribution in [3.63, 3.8) is 0 Å². The first kappa shape index (κ1) is 34.3. The van der Waals surface area contributed by atoms with Crippen molar-refractivity contribution in [1.29, 1.82) is 0 Å². The number of halogens is 4. The van der Waals surface area contributed by atoms with E-state index in [1.165, 1.54) is 0 Å². The molecule has 5 rings (SSSR count). The average molecular weight is 878 g/mol. The molecule has 46 heavy (non-hydrogen) atoms. The van der Waals surface area contributed by atoms with E-state index in [1.807, 2.05) is 33.8 Å². The van der Waals surface area contributed by atoms with Gasteiger partial charge in [0.25, 0.3) is 0 Å². The topological polar surface area (TPSA) is 132 Å². The molecule has 2 aliphatic heterocycles. The summed E-state index contributed by atoms with van der Waals surface area (Å²) in [5, 5.41) is 19.2. The molecule has 238 valence electrons. The number of H-pyrrole nitrogens is 2. The van der Waals surface area contributed by atoms with Crippen molar-refractivity contribution in [2.75, 3.05) is 0 Å². The minimum absolute atomic E-state index is 0.0897. The second kappa shape index (κ2) is 13.2. The molecule has 0 radical (unpaired) electrons. The van der Waals surface area contributed by atoms with Gasteiger partial charge in [-0.1, -0.05) is 25.3 Å². The minimum atomic E-state index is -0.922. The Bertz CT molecular complexity index is 2140. The van der Waals surface area contributed by atoms with E-state index in [2.05, 4.69) is 86.8 Å². The van der Waals surface area contributed by atoms with Crippen LogP contribution in [-0.2, 0) is 9.59 Å². The molecule has 0 unspecified atom stereocenters. The Morgan fingerprint density at radius 2 is 1.00 bits per heavy atom. The zero-order chi connectivity index (χ0) is 33.8. The first-order valence-electron chi connectivity index (χ1n) is 14.3. The maximum absolute atomic E-state index is 11.7. The van der Waals surface area contributed by atoms with Crippen LogP contribution in [0, 0.1) is 13.8 Å². The summed E-state index contributed by atoms with van der Waals surface area (Å²) in [5.74, 6) is -1.84. The van der Waals surface area contributed by atoms with Gasteiger partial charge < -0.3 is 20.2 Å². The lowest BCUT2D eigenvalue weighted by molar-refractivity contribution is -0.137. The van der Waals surface area contributed by atoms with Crippen LogP contribution in [-0.4, -0.2) is 42.1 Å². The van der Waals surface area contributed by atoms with Gasteiger partial charge in [0.1, 0.15) is 0 Å². The van der Waals surface area contributed by atoms with E-state index in [-0.39, 0.29) is 25.7 Å². The standard InChI is InChI=1S/C34H30Br4N4O4/c1-7-17-13(3)27-23(35)29-15(5)19(9-11-21(43)44)33(41-29)26(38)34-20(10-12-22(45)46)16(6)30(42-34)25(37)32-18(8-2)14(4)28(40-32)24(36)31(17)39-27/h7-8,39-40H,1-2,9-12H2,3-6H3,(H,43,44)(H,45,46). The Labute approximate surface area is 299 Å². The Morgan fingerprint density at radius 1 is 0.630 bits per heavy atom. The Balaban J connectivity index is 2.09. The summed E-state index contributed by atoms with van der Waals surface area (Å²) in [6.07, 6.45) is 3.91. The third kappa shape index (κ3) is 5.71. The lowest BCUT2D eigenvalue weighted by Gasteiger charge is -2.08. The number of allylic oxidation sites excluding steroid dienone is 4. The first-order chi connectivity index (χ1) is 21.7. The van der Waals surface area contributed by atoms with Gasteiger partial charge in [0.15, 0.2) is 0 Å². The van der Waals surface area contributed by atoms with E-state index < -0.39 is 11.9 Å². The third-order valence-electron chi connectivity index (χ3n) is 8.53. The number of nitrogens with one attached hydrogen (secondary N) is 2. The van der Waals surface area contributed by atoms with Crippen LogP contribution < -0.4 is 0 Å². The van der Waals surface area contributed by atoms with E-state index in [0.717, 1.165) is 71.1 Å². The van der Waals surface area contributed by atoms with Gasteiger partial charge >= 0.3 is 11.9 Å². The highest BCUT2D eigenvalue weighted by molar-refractivity contribution is 9.11. The average Bonchev–Trinajstić information content (AvgIpc) is 3.73. The number of aryl methyl sites for hydroxylation is 2. The molecular formula is C34H30Br4N4O4. The highest BCUT2D eigenvalue weighted by Gasteiger charge is 2.29. The fourth-order valence-corrected chi connectivity index (χ4v) is 8.87. The molecular weight excluding hydrogens is 848 g/mol. The maximum Gasteiger partial charge on any atom is 0.303 e. The van der Waals surface area contributed by atoms with Crippen molar-refractivity contribution in [2.45, 2.75) is 53.4 Å². The van der Waals surface area contributed by atoms with Crippen molar-refractivity contribution < 1.29 is 19.8 Å². The molecule has 12 heteroatoms. The summed E-state index contributed by atoms with van der Waals surface area (Å²) in [5.41, 5.74) is 12.5. The predicted molar refractivity (Wildman–Crippen MR) is 200 cm³/mol. The fourth-order valence-electron chi connectivity index (χ4n) is 6.02. The molecule has 0 aromatic carbocycles. The smallest absolute Gasteiger partial charge is 0.303 e. The van der Waals surface area contributed by atoms with E-state index in [1.54, 1.807) is 6.08 Å². The number of hydrogen-bond acceptors (Lipinski definition) is 4. The Hall–Kier alpha value is -3.06. The molecule has 3 aromatic heterocycles. The molecule has 8 nitrogen and oxygen atoms in total. The molecule has 0 saturated heterocycles. The number of nitrogens with zero attached hydrogens (tertiary/aromatic N) is 2. The van der Waals surface area contributed by atoms with E-state index in [4.69, 9.17) is 9.97 Å². The van der Waals surface area contributed by atoms with Gasteiger partial charge in [-0.3, -0.25) is 9.59 Å². The number of aromatic amines is 2. The first-order valence-corrected chi connectivity index (χ1v) is 17.5. The van der Waals surface area contributed by atoms with Crippen LogP contribution >= 0.6 is 63.7 Å². The highest BCUT2D eigenvalue weighted by atomic mass is 79.9. The molecule has 0 spiro atoms. The maximum atomic E-state index is 11.7. The van der Waals surface area contributed by atoms with Crippen LogP contribution in [0.3, 0.4) is 0 Å². The van der Waals surface area contributed by atoms with Crippen molar-refractivity contribution in [3.05, 3.63) is 76.1 Å². The van der Waals surface area contributed by atoms with E-state index >= 15 is 0 Å². The van der Waals surface area contributed by atoms with Gasteiger partial charge in [0, 0.05) is 24.0 Å². The molecule has 0 fully saturated rings. The molecule has 3 aromatic rings. The molecule has 8 bridgehead atoms. The molecule has 5 heterocycles. The number of rotatable bonds is 8. The van der Waals surface area contributed by atoms with Crippen LogP contribution in [0.25, 0.3) is 56.5 Å². The Morgan fingerprint density at radius 3 is 1.39 bits per heavy atom. The lowest BCUT2D eigenvalue weighted by atomic mass is 9.98. The highest BCUT2D eigenvalue weighted by Crippen LogP contribution is 2.46. The fraction of sp³-hybridized carbons (Fsp3) is 0.235. The number of fused-ring (bicyclic) bond motifs is 8.